The Morgan fingerprint density at radius 2 is 1.93 bits per heavy atom. The van der Waals surface area contributed by atoms with Crippen LogP contribution in [0.3, 0.4) is 0 Å². The molecule has 2 amide bonds. The quantitative estimate of drug-likeness (QED) is 0.480. The first kappa shape index (κ1) is 17.4. The highest BCUT2D eigenvalue weighted by Crippen LogP contribution is 2.17. The molecule has 28 heavy (non-hydrogen) atoms. The smallest absolute Gasteiger partial charge is 0.278 e. The van der Waals surface area contributed by atoms with Crippen LogP contribution in [0.25, 0.3) is 21.8 Å². The van der Waals surface area contributed by atoms with Gasteiger partial charge in [-0.1, -0.05) is 23.4 Å². The summed E-state index contributed by atoms with van der Waals surface area (Å²) in [6, 6.07) is 14.1. The van der Waals surface area contributed by atoms with Crippen LogP contribution in [0.4, 0.5) is 5.69 Å². The lowest BCUT2D eigenvalue weighted by atomic mass is 10.2. The highest BCUT2D eigenvalue weighted by molar-refractivity contribution is 5.96. The number of nitrogens with zero attached hydrogens (tertiary/aromatic N) is 3. The van der Waals surface area contributed by atoms with Crippen LogP contribution in [-0.4, -0.2) is 38.3 Å². The number of fused-ring (bicyclic) bond motifs is 2. The van der Waals surface area contributed by atoms with Gasteiger partial charge in [-0.3, -0.25) is 14.4 Å². The number of hydrogen-bond acceptors (Lipinski definition) is 5. The van der Waals surface area contributed by atoms with Gasteiger partial charge < -0.3 is 15.6 Å². The number of H-pyrrole nitrogens is 1. The molecule has 0 aliphatic heterocycles. The number of hydrogen-bond donors (Lipinski definition) is 3. The van der Waals surface area contributed by atoms with Gasteiger partial charge >= 0.3 is 0 Å². The zero-order valence-electron chi connectivity index (χ0n) is 14.7. The number of rotatable bonds is 5. The third-order valence-corrected chi connectivity index (χ3v) is 4.21. The van der Waals surface area contributed by atoms with Gasteiger partial charge in [-0.15, -0.1) is 5.10 Å². The van der Waals surface area contributed by atoms with E-state index in [1.165, 1.54) is 0 Å². The zero-order chi connectivity index (χ0) is 19.5. The summed E-state index contributed by atoms with van der Waals surface area (Å²) in [5.41, 5.74) is 1.56. The van der Waals surface area contributed by atoms with Crippen molar-refractivity contribution in [2.75, 3.05) is 11.9 Å². The van der Waals surface area contributed by atoms with Gasteiger partial charge in [-0.05, 0) is 35.7 Å². The Labute approximate surface area is 158 Å². The van der Waals surface area contributed by atoms with E-state index in [1.54, 1.807) is 36.4 Å². The number of amides is 2. The predicted molar refractivity (Wildman–Crippen MR) is 104 cm³/mol. The van der Waals surface area contributed by atoms with E-state index < -0.39 is 11.5 Å². The summed E-state index contributed by atoms with van der Waals surface area (Å²) in [6.45, 7) is -0.546. The number of carbonyl (C=O) groups excluding carboxylic acids is 2. The molecule has 0 aliphatic carbocycles. The third-order valence-electron chi connectivity index (χ3n) is 4.21. The topological polar surface area (TPSA) is 122 Å². The second-order valence-corrected chi connectivity index (χ2v) is 6.17. The van der Waals surface area contributed by atoms with E-state index in [0.29, 0.717) is 16.6 Å². The van der Waals surface area contributed by atoms with E-state index in [9.17, 15) is 14.4 Å². The maximum absolute atomic E-state index is 12.3. The van der Waals surface area contributed by atoms with E-state index in [1.807, 2.05) is 18.3 Å². The Morgan fingerprint density at radius 1 is 1.07 bits per heavy atom. The predicted octanol–water partition coefficient (Wildman–Crippen LogP) is 1.03. The summed E-state index contributed by atoms with van der Waals surface area (Å²) < 4.78 is 0.967. The molecular weight excluding hydrogens is 360 g/mol. The molecule has 0 saturated carbocycles. The van der Waals surface area contributed by atoms with Crippen LogP contribution in [0, 0.1) is 0 Å². The van der Waals surface area contributed by atoms with Gasteiger partial charge in [0.05, 0.1) is 11.9 Å². The molecule has 0 atom stereocenters. The summed E-state index contributed by atoms with van der Waals surface area (Å²) in [6.07, 6.45) is 1.81. The minimum atomic E-state index is -0.512. The molecule has 0 spiro atoms. The van der Waals surface area contributed by atoms with E-state index >= 15 is 0 Å². The van der Waals surface area contributed by atoms with Crippen molar-refractivity contribution in [1.29, 1.82) is 0 Å². The average molecular weight is 376 g/mol. The Balaban J connectivity index is 1.35. The third kappa shape index (κ3) is 3.58. The summed E-state index contributed by atoms with van der Waals surface area (Å²) in [5, 5.41) is 14.3. The van der Waals surface area contributed by atoms with Crippen LogP contribution in [0.15, 0.2) is 59.5 Å². The minimum Gasteiger partial charge on any atom is -0.361 e. The summed E-state index contributed by atoms with van der Waals surface area (Å²) in [4.78, 5) is 39.5. The monoisotopic (exact) mass is 376 g/mol. The van der Waals surface area contributed by atoms with E-state index in [-0.39, 0.29) is 19.0 Å². The van der Waals surface area contributed by atoms with E-state index in [2.05, 4.69) is 25.9 Å². The number of anilines is 1. The van der Waals surface area contributed by atoms with Crippen LogP contribution in [0.2, 0.25) is 0 Å². The molecule has 0 aliphatic rings. The van der Waals surface area contributed by atoms with Crippen molar-refractivity contribution in [3.05, 3.63) is 65.1 Å². The lowest BCUT2D eigenvalue weighted by Crippen LogP contribution is -2.38. The second-order valence-electron chi connectivity index (χ2n) is 6.17. The molecule has 9 nitrogen and oxygen atoms in total. The number of carbonyl (C=O) groups is 2. The molecule has 2 aromatic heterocycles. The van der Waals surface area contributed by atoms with Crippen molar-refractivity contribution in [1.82, 2.24) is 25.3 Å². The van der Waals surface area contributed by atoms with Gasteiger partial charge in [-0.25, -0.2) is 4.68 Å². The molecule has 4 aromatic rings. The fourth-order valence-corrected chi connectivity index (χ4v) is 2.83. The first-order chi connectivity index (χ1) is 13.6. The largest absolute Gasteiger partial charge is 0.361 e. The zero-order valence-corrected chi connectivity index (χ0v) is 14.7. The van der Waals surface area contributed by atoms with Crippen LogP contribution >= 0.6 is 0 Å². The van der Waals surface area contributed by atoms with Crippen LogP contribution in [-0.2, 0) is 16.1 Å². The number of benzene rings is 2. The standard InChI is InChI=1S/C19H16N6O3/c26-17(22-13-6-5-12-7-8-20-16(12)9-13)10-21-18(27)11-25-19(28)14-3-1-2-4-15(14)23-24-25/h1-9,20H,10-11H2,(H,21,27)(H,22,26). The van der Waals surface area contributed by atoms with Gasteiger partial charge in [-0.2, -0.15) is 0 Å². The van der Waals surface area contributed by atoms with E-state index in [4.69, 9.17) is 0 Å². The first-order valence-corrected chi connectivity index (χ1v) is 8.56. The molecule has 0 saturated heterocycles. The molecule has 0 unspecified atom stereocenters. The molecule has 2 aromatic carbocycles. The number of aromatic amines is 1. The highest BCUT2D eigenvalue weighted by Gasteiger charge is 2.11. The maximum Gasteiger partial charge on any atom is 0.278 e. The van der Waals surface area contributed by atoms with Crippen LogP contribution in [0.1, 0.15) is 0 Å². The van der Waals surface area contributed by atoms with Crippen molar-refractivity contribution < 1.29 is 9.59 Å². The van der Waals surface area contributed by atoms with Gasteiger partial charge in [0.15, 0.2) is 0 Å². The number of aromatic nitrogens is 4. The Morgan fingerprint density at radius 3 is 2.82 bits per heavy atom. The summed E-state index contributed by atoms with van der Waals surface area (Å²) in [7, 11) is 0. The molecule has 0 bridgehead atoms. The van der Waals surface area contributed by atoms with Crippen molar-refractivity contribution in [2.45, 2.75) is 6.54 Å². The van der Waals surface area contributed by atoms with E-state index in [0.717, 1.165) is 15.6 Å². The second kappa shape index (κ2) is 7.31. The van der Waals surface area contributed by atoms with Crippen molar-refractivity contribution in [2.24, 2.45) is 0 Å². The van der Waals surface area contributed by atoms with Crippen LogP contribution < -0.4 is 16.2 Å². The van der Waals surface area contributed by atoms with Gasteiger partial charge in [0.2, 0.25) is 11.8 Å². The van der Waals surface area contributed by atoms with Gasteiger partial charge in [0.25, 0.3) is 5.56 Å². The maximum atomic E-state index is 12.3. The lowest BCUT2D eigenvalue weighted by molar-refractivity contribution is -0.124. The molecular formula is C19H16N6O3. The molecule has 0 fully saturated rings. The SMILES string of the molecule is O=C(Cn1nnc2ccccc2c1=O)NCC(=O)Nc1ccc2cc[nH]c2c1. The normalized spacial score (nSPS) is 10.9. The lowest BCUT2D eigenvalue weighted by Gasteiger charge is -2.08. The molecule has 9 heteroatoms. The molecule has 2 heterocycles. The highest BCUT2D eigenvalue weighted by atomic mass is 16.2. The minimum absolute atomic E-state index is 0.225. The van der Waals surface area contributed by atoms with Crippen LogP contribution in [0.5, 0.6) is 0 Å². The van der Waals surface area contributed by atoms with Crippen molar-refractivity contribution in [3.8, 4) is 0 Å². The Bertz CT molecular complexity index is 1240. The Kier molecular flexibility index (Phi) is 4.55. The van der Waals surface area contributed by atoms with Crippen molar-refractivity contribution >= 4 is 39.3 Å². The van der Waals surface area contributed by atoms with Gasteiger partial charge in [0, 0.05) is 17.4 Å². The fourth-order valence-electron chi connectivity index (χ4n) is 2.83. The average Bonchev–Trinajstić information content (AvgIpc) is 3.17. The molecule has 4 rings (SSSR count). The fraction of sp³-hybridized carbons (Fsp3) is 0.105. The summed E-state index contributed by atoms with van der Waals surface area (Å²) in [5.74, 6) is -0.891. The molecule has 140 valence electrons. The number of nitrogens with one attached hydrogen (secondary N) is 3. The van der Waals surface area contributed by atoms with Crippen molar-refractivity contribution in [3.63, 3.8) is 0 Å². The first-order valence-electron chi connectivity index (χ1n) is 8.56. The Hall–Kier alpha value is -4.01. The van der Waals surface area contributed by atoms with Gasteiger partial charge in [0.1, 0.15) is 12.1 Å². The molecule has 3 N–H and O–H groups in total. The summed E-state index contributed by atoms with van der Waals surface area (Å²) >= 11 is 0. The molecule has 0 radical (unpaired) electrons.